The number of anilines is 3. The lowest BCUT2D eigenvalue weighted by Crippen LogP contribution is -2.44. The first-order chi connectivity index (χ1) is 19.6. The van der Waals surface area contributed by atoms with Crippen LogP contribution in [0.2, 0.25) is 0 Å². The van der Waals surface area contributed by atoms with Crippen LogP contribution in [0.1, 0.15) is 18.9 Å². The molecule has 0 saturated carbocycles. The number of hydrogen-bond acceptors (Lipinski definition) is 7. The Bertz CT molecular complexity index is 1660. The van der Waals surface area contributed by atoms with Gasteiger partial charge < -0.3 is 15.1 Å². The van der Waals surface area contributed by atoms with E-state index in [0.29, 0.717) is 23.7 Å². The zero-order chi connectivity index (χ0) is 27.5. The number of nitrogens with one attached hydrogen (secondary N) is 1. The van der Waals surface area contributed by atoms with Crippen molar-refractivity contribution in [2.75, 3.05) is 43.4 Å². The number of piperazine rings is 1. The van der Waals surface area contributed by atoms with Crippen molar-refractivity contribution in [2.45, 2.75) is 19.9 Å². The number of likely N-dealkylation sites (N-methyl/N-ethyl adjacent to an activating group) is 1. The highest BCUT2D eigenvalue weighted by Crippen LogP contribution is 2.26. The van der Waals surface area contributed by atoms with Gasteiger partial charge in [-0.1, -0.05) is 36.4 Å². The van der Waals surface area contributed by atoms with Crippen molar-refractivity contribution in [3.63, 3.8) is 0 Å². The van der Waals surface area contributed by atoms with Crippen molar-refractivity contribution in [1.82, 2.24) is 19.4 Å². The summed E-state index contributed by atoms with van der Waals surface area (Å²) in [5.74, 6) is 0.464. The van der Waals surface area contributed by atoms with Gasteiger partial charge in [-0.3, -0.25) is 14.4 Å². The average Bonchev–Trinajstić information content (AvgIpc) is 3.28. The van der Waals surface area contributed by atoms with Gasteiger partial charge in [0.1, 0.15) is 5.65 Å². The van der Waals surface area contributed by atoms with E-state index in [-0.39, 0.29) is 5.56 Å². The number of benzene rings is 2. The fraction of sp³-hybridized carbons (Fsp3) is 0.250. The molecule has 4 heterocycles. The van der Waals surface area contributed by atoms with Crippen molar-refractivity contribution in [2.24, 2.45) is 4.99 Å². The Kier molecular flexibility index (Phi) is 7.25. The summed E-state index contributed by atoms with van der Waals surface area (Å²) in [6.45, 7) is 6.67. The molecule has 0 atom stereocenters. The molecule has 1 saturated heterocycles. The predicted octanol–water partition coefficient (Wildman–Crippen LogP) is 5.35. The Balaban J connectivity index is 1.25. The molecule has 202 valence electrons. The maximum atomic E-state index is 13.6. The van der Waals surface area contributed by atoms with Crippen LogP contribution in [0.15, 0.2) is 88.9 Å². The third kappa shape index (κ3) is 5.31. The van der Waals surface area contributed by atoms with Crippen molar-refractivity contribution in [3.8, 4) is 11.1 Å². The zero-order valence-corrected chi connectivity index (χ0v) is 22.9. The molecule has 0 spiro atoms. The van der Waals surface area contributed by atoms with Crippen LogP contribution in [0.25, 0.3) is 27.7 Å². The minimum absolute atomic E-state index is 0.0675. The van der Waals surface area contributed by atoms with Crippen molar-refractivity contribution < 1.29 is 0 Å². The lowest BCUT2D eigenvalue weighted by Gasteiger charge is -2.34. The van der Waals surface area contributed by atoms with Crippen LogP contribution in [0.5, 0.6) is 0 Å². The molecule has 6 rings (SSSR count). The molecule has 0 unspecified atom stereocenters. The molecule has 8 nitrogen and oxygen atoms in total. The maximum Gasteiger partial charge on any atom is 0.260 e. The third-order valence-corrected chi connectivity index (χ3v) is 7.52. The van der Waals surface area contributed by atoms with E-state index in [9.17, 15) is 4.79 Å². The van der Waals surface area contributed by atoms with Crippen LogP contribution in [0.4, 0.5) is 17.3 Å². The number of aliphatic imine (C=N–C) groups is 1. The van der Waals surface area contributed by atoms with Gasteiger partial charge in [0.15, 0.2) is 0 Å². The maximum absolute atomic E-state index is 13.6. The summed E-state index contributed by atoms with van der Waals surface area (Å²) in [7, 11) is 2.16. The number of hydrogen-bond donors (Lipinski definition) is 1. The first-order valence-electron chi connectivity index (χ1n) is 13.8. The van der Waals surface area contributed by atoms with Crippen LogP contribution in [-0.2, 0) is 6.54 Å². The molecular formula is C32H33N7O. The Labute approximate surface area is 234 Å². The summed E-state index contributed by atoms with van der Waals surface area (Å²) in [6.07, 6.45) is 10.5. The highest BCUT2D eigenvalue weighted by molar-refractivity contribution is 5.83. The normalized spacial score (nSPS) is 15.8. The zero-order valence-electron chi connectivity index (χ0n) is 22.9. The molecular weight excluding hydrogens is 498 g/mol. The standard InChI is InChI=1S/C32H33N7O/c1-3-39-30-26(20-29(31(39)40)24-9-7-23(8-10-24)25-6-4-5-15-33-21-25)22-34-32(36-30)35-27-11-13-28(14-12-27)38-18-16-37(2)17-19-38/h4,6-15,20-22H,3,5,16-19H2,1-2H3,(H,34,35,36). The topological polar surface area (TPSA) is 78.7 Å². The van der Waals surface area contributed by atoms with Crippen molar-refractivity contribution >= 4 is 40.1 Å². The molecule has 2 aliphatic heterocycles. The fourth-order valence-electron chi connectivity index (χ4n) is 5.17. The molecule has 40 heavy (non-hydrogen) atoms. The Morgan fingerprint density at radius 2 is 1.70 bits per heavy atom. The predicted molar refractivity (Wildman–Crippen MR) is 165 cm³/mol. The summed E-state index contributed by atoms with van der Waals surface area (Å²) < 4.78 is 1.72. The van der Waals surface area contributed by atoms with E-state index in [0.717, 1.165) is 60.4 Å². The second-order valence-corrected chi connectivity index (χ2v) is 10.2. The number of allylic oxidation sites excluding steroid dienone is 3. The Hall–Kier alpha value is -4.56. The number of fused-ring (bicyclic) bond motifs is 1. The number of aromatic nitrogens is 3. The molecule has 2 aromatic carbocycles. The van der Waals surface area contributed by atoms with Crippen molar-refractivity contribution in [1.29, 1.82) is 0 Å². The smallest absolute Gasteiger partial charge is 0.260 e. The SMILES string of the molecule is CCn1c(=O)c(-c2ccc(C3=CN=CCC=C3)cc2)cc2cnc(Nc3ccc(N4CCN(C)CC4)cc3)nc21. The molecule has 2 aliphatic rings. The van der Waals surface area contributed by atoms with E-state index in [1.165, 1.54) is 5.69 Å². The van der Waals surface area contributed by atoms with E-state index >= 15 is 0 Å². The van der Waals surface area contributed by atoms with Gasteiger partial charge in [-0.15, -0.1) is 0 Å². The second kappa shape index (κ2) is 11.3. The minimum Gasteiger partial charge on any atom is -0.369 e. The molecule has 2 aromatic heterocycles. The summed E-state index contributed by atoms with van der Waals surface area (Å²) in [5.41, 5.74) is 6.28. The summed E-state index contributed by atoms with van der Waals surface area (Å²) >= 11 is 0. The summed E-state index contributed by atoms with van der Waals surface area (Å²) in [6, 6.07) is 18.3. The molecule has 0 amide bonds. The molecule has 8 heteroatoms. The van der Waals surface area contributed by atoms with Gasteiger partial charge in [0.05, 0.1) is 0 Å². The molecule has 0 aliphatic carbocycles. The van der Waals surface area contributed by atoms with Gasteiger partial charge in [-0.2, -0.15) is 4.98 Å². The van der Waals surface area contributed by atoms with Crippen LogP contribution in [0, 0.1) is 0 Å². The van der Waals surface area contributed by atoms with Crippen molar-refractivity contribution in [3.05, 3.63) is 95.1 Å². The minimum atomic E-state index is -0.0675. The van der Waals surface area contributed by atoms with Crippen LogP contribution < -0.4 is 15.8 Å². The van der Waals surface area contributed by atoms with E-state index in [2.05, 4.69) is 56.4 Å². The summed E-state index contributed by atoms with van der Waals surface area (Å²) in [4.78, 5) is 31.9. The number of nitrogens with zero attached hydrogens (tertiary/aromatic N) is 6. The molecule has 4 aromatic rings. The van der Waals surface area contributed by atoms with Gasteiger partial charge in [0.2, 0.25) is 5.95 Å². The summed E-state index contributed by atoms with van der Waals surface area (Å²) in [5, 5.41) is 4.13. The molecule has 1 N–H and O–H groups in total. The Morgan fingerprint density at radius 1 is 0.950 bits per heavy atom. The van der Waals surface area contributed by atoms with E-state index in [4.69, 9.17) is 4.98 Å². The largest absolute Gasteiger partial charge is 0.369 e. The number of aryl methyl sites for hydroxylation is 1. The van der Waals surface area contributed by atoms with Gasteiger partial charge in [0.25, 0.3) is 5.56 Å². The van der Waals surface area contributed by atoms with Gasteiger partial charge in [-0.25, -0.2) is 4.98 Å². The highest BCUT2D eigenvalue weighted by atomic mass is 16.1. The van der Waals surface area contributed by atoms with E-state index < -0.39 is 0 Å². The first kappa shape index (κ1) is 25.7. The third-order valence-electron chi connectivity index (χ3n) is 7.52. The Morgan fingerprint density at radius 3 is 2.45 bits per heavy atom. The van der Waals surface area contributed by atoms with E-state index in [1.807, 2.05) is 61.8 Å². The lowest BCUT2D eigenvalue weighted by molar-refractivity contribution is 0.313. The average molecular weight is 532 g/mol. The first-order valence-corrected chi connectivity index (χ1v) is 13.8. The van der Waals surface area contributed by atoms with Crippen LogP contribution in [0.3, 0.4) is 0 Å². The van der Waals surface area contributed by atoms with E-state index in [1.54, 1.807) is 10.8 Å². The van der Waals surface area contributed by atoms with Gasteiger partial charge in [-0.05, 0) is 61.0 Å². The van der Waals surface area contributed by atoms with Crippen LogP contribution >= 0.6 is 0 Å². The molecule has 1 fully saturated rings. The van der Waals surface area contributed by atoms with Crippen LogP contribution in [-0.4, -0.2) is 58.9 Å². The lowest BCUT2D eigenvalue weighted by atomic mass is 10.0. The monoisotopic (exact) mass is 531 g/mol. The van der Waals surface area contributed by atoms with Gasteiger partial charge >= 0.3 is 0 Å². The molecule has 0 radical (unpaired) electrons. The number of rotatable bonds is 6. The second-order valence-electron chi connectivity index (χ2n) is 10.2. The quantitative estimate of drug-likeness (QED) is 0.362. The number of pyridine rings is 1. The fourth-order valence-corrected chi connectivity index (χ4v) is 5.17. The van der Waals surface area contributed by atoms with Gasteiger partial charge in [0, 0.05) is 80.1 Å². The highest BCUT2D eigenvalue weighted by Gasteiger charge is 2.15. The molecule has 0 bridgehead atoms.